The number of anilines is 1. The van der Waals surface area contributed by atoms with E-state index in [0.29, 0.717) is 17.9 Å². The van der Waals surface area contributed by atoms with Crippen molar-refractivity contribution >= 4 is 27.3 Å². The van der Waals surface area contributed by atoms with Crippen molar-refractivity contribution in [1.82, 2.24) is 4.90 Å². The van der Waals surface area contributed by atoms with Crippen LogP contribution in [-0.4, -0.2) is 56.8 Å². The normalized spacial score (nSPS) is 19.3. The summed E-state index contributed by atoms with van der Waals surface area (Å²) in [5.41, 5.74) is -0.765. The number of nitrogens with zero attached hydrogens (tertiary/aromatic N) is 1. The number of carbonyl (C=O) groups is 2. The molecule has 1 fully saturated rings. The second-order valence-electron chi connectivity index (χ2n) is 6.78. The number of benzene rings is 1. The number of amides is 2. The first-order valence-electron chi connectivity index (χ1n) is 8.00. The number of carbonyl (C=O) groups excluding carboxylic acids is 2. The lowest BCUT2D eigenvalue weighted by Gasteiger charge is -2.31. The van der Waals surface area contributed by atoms with Crippen molar-refractivity contribution in [2.45, 2.75) is 26.3 Å². The van der Waals surface area contributed by atoms with Crippen LogP contribution < -0.4 is 10.1 Å². The fourth-order valence-electron chi connectivity index (χ4n) is 2.75. The Bertz CT molecular complexity index is 756. The van der Waals surface area contributed by atoms with Gasteiger partial charge in [-0.15, -0.1) is 0 Å². The molecular formula is C17H24N2O5S. The lowest BCUT2D eigenvalue weighted by molar-refractivity contribution is -0.146. The molecule has 7 nitrogen and oxygen atoms in total. The summed E-state index contributed by atoms with van der Waals surface area (Å²) < 4.78 is 28.3. The Morgan fingerprint density at radius 1 is 1.24 bits per heavy atom. The molecule has 25 heavy (non-hydrogen) atoms. The van der Waals surface area contributed by atoms with Gasteiger partial charge in [0, 0.05) is 18.8 Å². The maximum Gasteiger partial charge on any atom is 0.239 e. The molecule has 1 N–H and O–H groups in total. The Morgan fingerprint density at radius 2 is 1.84 bits per heavy atom. The summed E-state index contributed by atoms with van der Waals surface area (Å²) in [5, 5.41) is 2.72. The molecule has 0 bridgehead atoms. The van der Waals surface area contributed by atoms with E-state index in [9.17, 15) is 18.0 Å². The minimum absolute atomic E-state index is 0.0502. The van der Waals surface area contributed by atoms with Crippen molar-refractivity contribution in [3.8, 4) is 5.75 Å². The molecule has 0 radical (unpaired) electrons. The third-order valence-electron chi connectivity index (χ3n) is 4.53. The Balaban J connectivity index is 2.07. The second-order valence-corrected chi connectivity index (χ2v) is 9.01. The van der Waals surface area contributed by atoms with Crippen LogP contribution in [0.3, 0.4) is 0 Å². The van der Waals surface area contributed by atoms with Crippen LogP contribution in [-0.2, 0) is 19.4 Å². The van der Waals surface area contributed by atoms with Gasteiger partial charge in [0.25, 0.3) is 0 Å². The summed E-state index contributed by atoms with van der Waals surface area (Å²) >= 11 is 0. The number of rotatable bonds is 5. The summed E-state index contributed by atoms with van der Waals surface area (Å²) in [4.78, 5) is 26.7. The topological polar surface area (TPSA) is 92.8 Å². The Morgan fingerprint density at radius 3 is 2.32 bits per heavy atom. The summed E-state index contributed by atoms with van der Waals surface area (Å²) in [6.07, 6.45) is 0.404. The van der Waals surface area contributed by atoms with Gasteiger partial charge in [-0.05, 0) is 44.5 Å². The molecule has 0 spiro atoms. The highest BCUT2D eigenvalue weighted by atomic mass is 32.2. The maximum absolute atomic E-state index is 12.7. The Kier molecular flexibility index (Phi) is 5.41. The van der Waals surface area contributed by atoms with Gasteiger partial charge < -0.3 is 15.0 Å². The van der Waals surface area contributed by atoms with Crippen LogP contribution in [0.5, 0.6) is 5.75 Å². The number of nitrogens with one attached hydrogen (secondary N) is 1. The zero-order valence-electron chi connectivity index (χ0n) is 14.9. The van der Waals surface area contributed by atoms with Gasteiger partial charge in [-0.25, -0.2) is 8.42 Å². The Hall–Kier alpha value is -2.09. The highest BCUT2D eigenvalue weighted by Gasteiger charge is 2.42. The molecule has 1 atom stereocenters. The van der Waals surface area contributed by atoms with Crippen molar-refractivity contribution in [3.63, 3.8) is 0 Å². The predicted octanol–water partition coefficient (Wildman–Crippen LogP) is 1.31. The molecule has 1 heterocycles. The molecule has 8 heteroatoms. The summed E-state index contributed by atoms with van der Waals surface area (Å²) in [6.45, 7) is 3.07. The summed E-state index contributed by atoms with van der Waals surface area (Å²) in [5.74, 6) is -0.161. The molecule has 0 aromatic heterocycles. The molecule has 2 rings (SSSR count). The molecule has 1 unspecified atom stereocenters. The molecule has 0 saturated carbocycles. The van der Waals surface area contributed by atoms with E-state index in [1.54, 1.807) is 38.4 Å². The molecule has 0 aliphatic carbocycles. The summed E-state index contributed by atoms with van der Waals surface area (Å²) in [7, 11) is 0.000630. The van der Waals surface area contributed by atoms with Gasteiger partial charge in [-0.1, -0.05) is 0 Å². The zero-order valence-corrected chi connectivity index (χ0v) is 15.7. The third kappa shape index (κ3) is 4.31. The van der Waals surface area contributed by atoms with E-state index in [1.165, 1.54) is 18.7 Å². The Labute approximate surface area is 148 Å². The number of hydrogen-bond donors (Lipinski definition) is 1. The van der Waals surface area contributed by atoms with Crippen LogP contribution in [0.4, 0.5) is 5.69 Å². The van der Waals surface area contributed by atoms with Crippen LogP contribution in [0, 0.1) is 5.41 Å². The van der Waals surface area contributed by atoms with E-state index in [0.717, 1.165) is 0 Å². The summed E-state index contributed by atoms with van der Waals surface area (Å²) in [6, 6.07) is 6.40. The van der Waals surface area contributed by atoms with Crippen LogP contribution in [0.15, 0.2) is 24.3 Å². The molecule has 1 aromatic rings. The van der Waals surface area contributed by atoms with Gasteiger partial charge in [0.05, 0.1) is 18.6 Å². The minimum atomic E-state index is -3.10. The average molecular weight is 368 g/mol. The van der Waals surface area contributed by atoms with Crippen molar-refractivity contribution in [2.75, 3.05) is 31.0 Å². The highest BCUT2D eigenvalue weighted by molar-refractivity contribution is 7.91. The fraction of sp³-hybridized carbons (Fsp3) is 0.529. The molecule has 1 aromatic carbocycles. The maximum atomic E-state index is 12.7. The van der Waals surface area contributed by atoms with Crippen molar-refractivity contribution in [3.05, 3.63) is 24.3 Å². The first kappa shape index (κ1) is 19.2. The van der Waals surface area contributed by atoms with Gasteiger partial charge in [0.15, 0.2) is 9.84 Å². The van der Waals surface area contributed by atoms with Crippen LogP contribution >= 0.6 is 0 Å². The third-order valence-corrected chi connectivity index (χ3v) is 6.28. The van der Waals surface area contributed by atoms with E-state index in [1.807, 2.05) is 0 Å². The minimum Gasteiger partial charge on any atom is -0.497 e. The van der Waals surface area contributed by atoms with Crippen LogP contribution in [0.2, 0.25) is 0 Å². The van der Waals surface area contributed by atoms with Crippen LogP contribution in [0.1, 0.15) is 20.3 Å². The van der Waals surface area contributed by atoms with Crippen molar-refractivity contribution in [2.24, 2.45) is 5.41 Å². The monoisotopic (exact) mass is 368 g/mol. The first-order chi connectivity index (χ1) is 11.6. The lowest BCUT2D eigenvalue weighted by Crippen LogP contribution is -2.49. The van der Waals surface area contributed by atoms with E-state index < -0.39 is 27.1 Å². The molecular weight excluding hydrogens is 344 g/mol. The fourth-order valence-corrected chi connectivity index (χ4v) is 4.52. The van der Waals surface area contributed by atoms with Gasteiger partial charge in [0.1, 0.15) is 11.2 Å². The predicted molar refractivity (Wildman–Crippen MR) is 95.2 cm³/mol. The molecule has 138 valence electrons. The first-order valence-corrected chi connectivity index (χ1v) is 9.82. The van der Waals surface area contributed by atoms with E-state index in [4.69, 9.17) is 4.74 Å². The van der Waals surface area contributed by atoms with Crippen LogP contribution in [0.25, 0.3) is 0 Å². The average Bonchev–Trinajstić information content (AvgIpc) is 2.94. The van der Waals surface area contributed by atoms with E-state index in [2.05, 4.69) is 5.32 Å². The standard InChI is InChI=1S/C17H24N2O5S/c1-17(2,15(20)18-12-5-7-14(24-4)8-6-12)16(21)19(3)13-9-10-25(22,23)11-13/h5-8,13H,9-11H2,1-4H3,(H,18,20). The largest absolute Gasteiger partial charge is 0.497 e. The van der Waals surface area contributed by atoms with Gasteiger partial charge in [0.2, 0.25) is 11.8 Å². The lowest BCUT2D eigenvalue weighted by atomic mass is 9.89. The zero-order chi connectivity index (χ0) is 18.8. The second kappa shape index (κ2) is 7.03. The number of methoxy groups -OCH3 is 1. The van der Waals surface area contributed by atoms with Gasteiger partial charge in [-0.2, -0.15) is 0 Å². The van der Waals surface area contributed by atoms with Crippen molar-refractivity contribution < 1.29 is 22.7 Å². The molecule has 2 amide bonds. The molecule has 1 aliphatic heterocycles. The SMILES string of the molecule is COc1ccc(NC(=O)C(C)(C)C(=O)N(C)C2CCS(=O)(=O)C2)cc1. The van der Waals surface area contributed by atoms with E-state index in [-0.39, 0.29) is 17.5 Å². The number of sulfone groups is 1. The molecule has 1 saturated heterocycles. The van der Waals surface area contributed by atoms with Gasteiger partial charge >= 0.3 is 0 Å². The van der Waals surface area contributed by atoms with E-state index >= 15 is 0 Å². The van der Waals surface area contributed by atoms with Crippen molar-refractivity contribution in [1.29, 1.82) is 0 Å². The quantitative estimate of drug-likeness (QED) is 0.791. The smallest absolute Gasteiger partial charge is 0.239 e. The number of ether oxygens (including phenoxy) is 1. The van der Waals surface area contributed by atoms with Gasteiger partial charge in [-0.3, -0.25) is 9.59 Å². The highest BCUT2D eigenvalue weighted by Crippen LogP contribution is 2.26. The number of hydrogen-bond acceptors (Lipinski definition) is 5. The molecule has 1 aliphatic rings.